The van der Waals surface area contributed by atoms with E-state index in [9.17, 15) is 14.4 Å². The van der Waals surface area contributed by atoms with E-state index in [0.29, 0.717) is 42.2 Å². The van der Waals surface area contributed by atoms with E-state index in [0.717, 1.165) is 12.8 Å². The maximum Gasteiger partial charge on any atom is 0.355 e. The number of methoxy groups -OCH3 is 1. The van der Waals surface area contributed by atoms with Crippen LogP contribution in [0.25, 0.3) is 0 Å². The minimum Gasteiger partial charge on any atom is -0.461 e. The predicted octanol–water partition coefficient (Wildman–Crippen LogP) is 2.14. The first-order valence-electron chi connectivity index (χ1n) is 10.1. The van der Waals surface area contributed by atoms with E-state index in [4.69, 9.17) is 14.2 Å². The molecule has 162 valence electrons. The van der Waals surface area contributed by atoms with Crippen LogP contribution in [0.15, 0.2) is 0 Å². The fourth-order valence-electron chi connectivity index (χ4n) is 3.92. The third-order valence-corrected chi connectivity index (χ3v) is 5.23. The van der Waals surface area contributed by atoms with Gasteiger partial charge in [0.1, 0.15) is 12.3 Å². The van der Waals surface area contributed by atoms with Gasteiger partial charge in [-0.25, -0.2) is 4.79 Å². The van der Waals surface area contributed by atoms with Crippen LogP contribution in [0.1, 0.15) is 58.8 Å². The molecule has 0 spiro atoms. The predicted molar refractivity (Wildman–Crippen MR) is 107 cm³/mol. The summed E-state index contributed by atoms with van der Waals surface area (Å²) in [6.45, 7) is 8.86. The third kappa shape index (κ3) is 5.25. The van der Waals surface area contributed by atoms with Gasteiger partial charge >= 0.3 is 5.97 Å². The number of ketones is 1. The highest BCUT2D eigenvalue weighted by Gasteiger charge is 2.30. The Morgan fingerprint density at radius 2 is 1.97 bits per heavy atom. The van der Waals surface area contributed by atoms with Crippen molar-refractivity contribution < 1.29 is 28.6 Å². The summed E-state index contributed by atoms with van der Waals surface area (Å²) in [5.74, 6) is -0.909. The highest BCUT2D eigenvalue weighted by molar-refractivity contribution is 6.04. The molecule has 0 aromatic carbocycles. The standard InChI is InChI=1S/C21H32N2O6/c1-6-23-15(4)19(14(3)20(23)21(26)28-7-2)17(24)12-22(18(25)13-27-5)11-16-9-8-10-29-16/h16H,6-13H2,1-5H3. The molecule has 0 N–H and O–H groups in total. The highest BCUT2D eigenvalue weighted by atomic mass is 16.5. The molecule has 1 aromatic rings. The Kier molecular flexibility index (Phi) is 8.40. The van der Waals surface area contributed by atoms with Crippen LogP contribution >= 0.6 is 0 Å². The maximum absolute atomic E-state index is 13.2. The Labute approximate surface area is 172 Å². The zero-order chi connectivity index (χ0) is 21.6. The molecule has 0 bridgehead atoms. The summed E-state index contributed by atoms with van der Waals surface area (Å²) in [4.78, 5) is 39.6. The normalized spacial score (nSPS) is 16.1. The van der Waals surface area contributed by atoms with Gasteiger partial charge in [-0.3, -0.25) is 9.59 Å². The van der Waals surface area contributed by atoms with Gasteiger partial charge in [0.05, 0.1) is 19.3 Å². The molecule has 2 rings (SSSR count). The summed E-state index contributed by atoms with van der Waals surface area (Å²) in [5.41, 5.74) is 2.15. The van der Waals surface area contributed by atoms with Crippen LogP contribution in [0.3, 0.4) is 0 Å². The molecule has 0 aliphatic carbocycles. The molecule has 1 aromatic heterocycles. The average molecular weight is 408 g/mol. The number of hydrogen-bond donors (Lipinski definition) is 0. The van der Waals surface area contributed by atoms with Gasteiger partial charge in [0.2, 0.25) is 5.91 Å². The van der Waals surface area contributed by atoms with Gasteiger partial charge in [0.25, 0.3) is 0 Å². The van der Waals surface area contributed by atoms with Crippen LogP contribution in [-0.4, -0.2) is 73.3 Å². The maximum atomic E-state index is 13.2. The van der Waals surface area contributed by atoms with Crippen molar-refractivity contribution in [2.45, 2.75) is 53.2 Å². The molecule has 1 aliphatic rings. The van der Waals surface area contributed by atoms with Crippen LogP contribution < -0.4 is 0 Å². The van der Waals surface area contributed by atoms with Crippen LogP contribution in [0.2, 0.25) is 0 Å². The zero-order valence-electron chi connectivity index (χ0n) is 18.1. The molecule has 1 saturated heterocycles. The summed E-state index contributed by atoms with van der Waals surface area (Å²) < 4.78 is 17.6. The molecule has 8 heteroatoms. The zero-order valence-corrected chi connectivity index (χ0v) is 18.1. The number of amides is 1. The second-order valence-electron chi connectivity index (χ2n) is 7.16. The average Bonchev–Trinajstić information content (AvgIpc) is 3.26. The number of Topliss-reactive ketones (excluding diaryl/α,β-unsaturated/α-hetero) is 1. The van der Waals surface area contributed by atoms with Gasteiger partial charge in [0, 0.05) is 38.1 Å². The van der Waals surface area contributed by atoms with Crippen LogP contribution in [-0.2, 0) is 25.5 Å². The first-order valence-corrected chi connectivity index (χ1v) is 10.1. The lowest BCUT2D eigenvalue weighted by molar-refractivity contribution is -0.136. The van der Waals surface area contributed by atoms with Crippen molar-refractivity contribution in [3.05, 3.63) is 22.5 Å². The Bertz CT molecular complexity index is 749. The SMILES string of the molecule is CCOC(=O)c1c(C)c(C(=O)CN(CC2CCCO2)C(=O)COC)c(C)n1CC. The van der Waals surface area contributed by atoms with E-state index in [-0.39, 0.29) is 37.6 Å². The summed E-state index contributed by atoms with van der Waals surface area (Å²) >= 11 is 0. The second-order valence-corrected chi connectivity index (χ2v) is 7.16. The fourth-order valence-corrected chi connectivity index (χ4v) is 3.92. The smallest absolute Gasteiger partial charge is 0.355 e. The van der Waals surface area contributed by atoms with Crippen molar-refractivity contribution in [1.82, 2.24) is 9.47 Å². The second kappa shape index (κ2) is 10.5. The summed E-state index contributed by atoms with van der Waals surface area (Å²) in [6.07, 6.45) is 1.74. The Morgan fingerprint density at radius 3 is 2.52 bits per heavy atom. The summed E-state index contributed by atoms with van der Waals surface area (Å²) in [7, 11) is 1.45. The summed E-state index contributed by atoms with van der Waals surface area (Å²) in [5, 5.41) is 0. The monoisotopic (exact) mass is 408 g/mol. The number of aromatic nitrogens is 1. The number of ether oxygens (including phenoxy) is 3. The molecular weight excluding hydrogens is 376 g/mol. The first-order chi connectivity index (χ1) is 13.8. The minimum absolute atomic E-state index is 0.0684. The van der Waals surface area contributed by atoms with Crippen molar-refractivity contribution in [3.63, 3.8) is 0 Å². The number of rotatable bonds is 10. The van der Waals surface area contributed by atoms with Crippen molar-refractivity contribution in [3.8, 4) is 0 Å². The van der Waals surface area contributed by atoms with Gasteiger partial charge in [-0.05, 0) is 46.1 Å². The Balaban J connectivity index is 2.30. The van der Waals surface area contributed by atoms with E-state index >= 15 is 0 Å². The van der Waals surface area contributed by atoms with E-state index < -0.39 is 5.97 Å². The van der Waals surface area contributed by atoms with E-state index in [1.54, 1.807) is 18.4 Å². The summed E-state index contributed by atoms with van der Waals surface area (Å²) in [6, 6.07) is 0. The molecule has 1 fully saturated rings. The van der Waals surface area contributed by atoms with Crippen LogP contribution in [0.4, 0.5) is 0 Å². The van der Waals surface area contributed by atoms with Gasteiger partial charge < -0.3 is 23.7 Å². The number of hydrogen-bond acceptors (Lipinski definition) is 6. The lowest BCUT2D eigenvalue weighted by Gasteiger charge is -2.24. The number of carbonyl (C=O) groups excluding carboxylic acids is 3. The molecule has 1 amide bonds. The lowest BCUT2D eigenvalue weighted by atomic mass is 10.0. The van der Waals surface area contributed by atoms with Crippen molar-refractivity contribution >= 4 is 17.7 Å². The first kappa shape index (κ1) is 23.1. The van der Waals surface area contributed by atoms with E-state index in [2.05, 4.69) is 0 Å². The van der Waals surface area contributed by atoms with Crippen LogP contribution in [0.5, 0.6) is 0 Å². The molecule has 0 saturated carbocycles. The molecular formula is C21H32N2O6. The van der Waals surface area contributed by atoms with Crippen molar-refractivity contribution in [1.29, 1.82) is 0 Å². The Hall–Kier alpha value is -2.19. The highest BCUT2D eigenvalue weighted by Crippen LogP contribution is 2.24. The van der Waals surface area contributed by atoms with Crippen LogP contribution in [0, 0.1) is 13.8 Å². The number of esters is 1. The molecule has 1 aliphatic heterocycles. The van der Waals surface area contributed by atoms with E-state index in [1.807, 2.05) is 13.8 Å². The molecule has 1 atom stereocenters. The third-order valence-electron chi connectivity index (χ3n) is 5.23. The molecule has 0 radical (unpaired) electrons. The van der Waals surface area contributed by atoms with Gasteiger partial charge in [-0.2, -0.15) is 0 Å². The van der Waals surface area contributed by atoms with Gasteiger partial charge in [-0.15, -0.1) is 0 Å². The topological polar surface area (TPSA) is 87.1 Å². The number of nitrogens with zero attached hydrogens (tertiary/aromatic N) is 2. The molecule has 2 heterocycles. The molecule has 1 unspecified atom stereocenters. The van der Waals surface area contributed by atoms with E-state index in [1.165, 1.54) is 12.0 Å². The fraction of sp³-hybridized carbons (Fsp3) is 0.667. The van der Waals surface area contributed by atoms with Gasteiger partial charge in [-0.1, -0.05) is 0 Å². The number of carbonyl (C=O) groups is 3. The van der Waals surface area contributed by atoms with Gasteiger partial charge in [0.15, 0.2) is 5.78 Å². The largest absolute Gasteiger partial charge is 0.461 e. The minimum atomic E-state index is -0.444. The Morgan fingerprint density at radius 1 is 1.24 bits per heavy atom. The molecule has 8 nitrogen and oxygen atoms in total. The lowest BCUT2D eigenvalue weighted by Crippen LogP contribution is -2.42. The van der Waals surface area contributed by atoms with Crippen molar-refractivity contribution in [2.24, 2.45) is 0 Å². The molecule has 29 heavy (non-hydrogen) atoms. The quantitative estimate of drug-likeness (QED) is 0.435. The van der Waals surface area contributed by atoms with Crippen molar-refractivity contribution in [2.75, 3.05) is 40.0 Å².